The highest BCUT2D eigenvalue weighted by Gasteiger charge is 2.27. The lowest BCUT2D eigenvalue weighted by atomic mass is 10.1. The van der Waals surface area contributed by atoms with E-state index < -0.39 is 16.1 Å². The maximum Gasteiger partial charge on any atom is 0.407 e. The summed E-state index contributed by atoms with van der Waals surface area (Å²) in [7, 11) is -3.39. The van der Waals surface area contributed by atoms with E-state index in [4.69, 9.17) is 4.74 Å². The first-order valence-electron chi connectivity index (χ1n) is 7.03. The van der Waals surface area contributed by atoms with Gasteiger partial charge in [-0.15, -0.1) is 0 Å². The zero-order valence-corrected chi connectivity index (χ0v) is 12.8. The Balaban J connectivity index is 1.85. The van der Waals surface area contributed by atoms with Crippen molar-refractivity contribution in [2.45, 2.75) is 37.1 Å². The molecule has 0 saturated heterocycles. The number of carbonyl (C=O) groups excluding carboxylic acids is 1. The standard InChI is InChI=1S/C14H20N2O4S/c1-2-20-14(17)15-10-9-11-3-7-13(8-4-11)21(18,19)16-12-5-6-12/h3-4,7-8,12,16H,2,5-6,9-10H2,1H3,(H,15,17). The summed E-state index contributed by atoms with van der Waals surface area (Å²) >= 11 is 0. The zero-order valence-electron chi connectivity index (χ0n) is 12.0. The molecule has 2 rings (SSSR count). The minimum Gasteiger partial charge on any atom is -0.450 e. The van der Waals surface area contributed by atoms with Crippen molar-refractivity contribution in [3.63, 3.8) is 0 Å². The van der Waals surface area contributed by atoms with Crippen LogP contribution in [0.1, 0.15) is 25.3 Å². The van der Waals surface area contributed by atoms with E-state index in [1.54, 1.807) is 31.2 Å². The van der Waals surface area contributed by atoms with Gasteiger partial charge in [-0.1, -0.05) is 12.1 Å². The highest BCUT2D eigenvalue weighted by atomic mass is 32.2. The van der Waals surface area contributed by atoms with Gasteiger partial charge in [0, 0.05) is 12.6 Å². The molecule has 1 aromatic carbocycles. The number of nitrogens with one attached hydrogen (secondary N) is 2. The van der Waals surface area contributed by atoms with Crippen LogP contribution in [0.25, 0.3) is 0 Å². The van der Waals surface area contributed by atoms with E-state index in [-0.39, 0.29) is 10.9 Å². The molecule has 0 heterocycles. The van der Waals surface area contributed by atoms with Gasteiger partial charge in [-0.3, -0.25) is 0 Å². The van der Waals surface area contributed by atoms with Crippen molar-refractivity contribution in [2.24, 2.45) is 0 Å². The molecule has 21 heavy (non-hydrogen) atoms. The second-order valence-electron chi connectivity index (χ2n) is 4.94. The zero-order chi connectivity index (χ0) is 15.3. The number of ether oxygens (including phenoxy) is 1. The minimum absolute atomic E-state index is 0.100. The molecule has 0 spiro atoms. The molecule has 7 heteroatoms. The van der Waals surface area contributed by atoms with Crippen LogP contribution in [0.2, 0.25) is 0 Å². The van der Waals surface area contributed by atoms with Crippen molar-refractivity contribution in [2.75, 3.05) is 13.2 Å². The molecule has 1 aliphatic rings. The molecule has 1 saturated carbocycles. The Labute approximate surface area is 124 Å². The van der Waals surface area contributed by atoms with Crippen LogP contribution in [0.4, 0.5) is 4.79 Å². The number of hydrogen-bond acceptors (Lipinski definition) is 4. The van der Waals surface area contributed by atoms with Gasteiger partial charge >= 0.3 is 6.09 Å². The number of amides is 1. The topological polar surface area (TPSA) is 84.5 Å². The van der Waals surface area contributed by atoms with E-state index in [0.717, 1.165) is 18.4 Å². The predicted octanol–water partition coefficient (Wildman–Crippen LogP) is 1.42. The highest BCUT2D eigenvalue weighted by Crippen LogP contribution is 2.22. The predicted molar refractivity (Wildman–Crippen MR) is 78.5 cm³/mol. The molecule has 0 unspecified atom stereocenters. The van der Waals surface area contributed by atoms with Crippen LogP contribution in [0.3, 0.4) is 0 Å². The number of carbonyl (C=O) groups is 1. The fourth-order valence-electron chi connectivity index (χ4n) is 1.81. The molecule has 0 bridgehead atoms. The van der Waals surface area contributed by atoms with Crippen molar-refractivity contribution < 1.29 is 17.9 Å². The SMILES string of the molecule is CCOC(=O)NCCc1ccc(S(=O)(=O)NC2CC2)cc1. The molecule has 0 atom stereocenters. The summed E-state index contributed by atoms with van der Waals surface area (Å²) < 4.78 is 31.4. The minimum atomic E-state index is -3.39. The van der Waals surface area contributed by atoms with Crippen LogP contribution >= 0.6 is 0 Å². The normalized spacial score (nSPS) is 14.7. The lowest BCUT2D eigenvalue weighted by Crippen LogP contribution is -2.26. The monoisotopic (exact) mass is 312 g/mol. The van der Waals surface area contributed by atoms with E-state index in [1.165, 1.54) is 0 Å². The average molecular weight is 312 g/mol. The van der Waals surface area contributed by atoms with Crippen molar-refractivity contribution in [3.8, 4) is 0 Å². The summed E-state index contributed by atoms with van der Waals surface area (Å²) in [6.45, 7) is 2.53. The molecule has 116 valence electrons. The van der Waals surface area contributed by atoms with Gasteiger partial charge < -0.3 is 10.1 Å². The first-order chi connectivity index (χ1) is 10.0. The van der Waals surface area contributed by atoms with Crippen LogP contribution in [0.15, 0.2) is 29.2 Å². The number of sulfonamides is 1. The second kappa shape index (κ2) is 6.91. The maximum atomic E-state index is 12.0. The molecule has 0 radical (unpaired) electrons. The van der Waals surface area contributed by atoms with E-state index in [1.807, 2.05) is 0 Å². The lowest BCUT2D eigenvalue weighted by Gasteiger charge is -2.07. The van der Waals surface area contributed by atoms with Crippen molar-refractivity contribution in [3.05, 3.63) is 29.8 Å². The summed E-state index contributed by atoms with van der Waals surface area (Å²) in [5.74, 6) is 0. The molecule has 6 nitrogen and oxygen atoms in total. The Kier molecular flexibility index (Phi) is 5.19. The number of rotatable bonds is 7. The summed E-state index contributed by atoms with van der Waals surface area (Å²) in [6, 6.07) is 6.79. The molecule has 0 aliphatic heterocycles. The van der Waals surface area contributed by atoms with Crippen LogP contribution in [0, 0.1) is 0 Å². The van der Waals surface area contributed by atoms with Crippen molar-refractivity contribution in [1.82, 2.24) is 10.0 Å². The summed E-state index contributed by atoms with van der Waals surface area (Å²) in [5.41, 5.74) is 0.956. The Morgan fingerprint density at radius 1 is 1.29 bits per heavy atom. The van der Waals surface area contributed by atoms with Crippen molar-refractivity contribution >= 4 is 16.1 Å². The number of alkyl carbamates (subject to hydrolysis) is 1. The fourth-order valence-corrected chi connectivity index (χ4v) is 3.12. The van der Waals surface area contributed by atoms with Gasteiger partial charge in [0.05, 0.1) is 11.5 Å². The number of hydrogen-bond donors (Lipinski definition) is 2. The summed E-state index contributed by atoms with van der Waals surface area (Å²) in [5, 5.41) is 2.62. The highest BCUT2D eigenvalue weighted by molar-refractivity contribution is 7.89. The Bertz CT molecular complexity index is 579. The fraction of sp³-hybridized carbons (Fsp3) is 0.500. The molecule has 1 fully saturated rings. The average Bonchev–Trinajstić information content (AvgIpc) is 3.23. The molecule has 1 aromatic rings. The Hall–Kier alpha value is -1.60. The van der Waals surface area contributed by atoms with Crippen LogP contribution in [-0.2, 0) is 21.2 Å². The third-order valence-electron chi connectivity index (χ3n) is 3.09. The van der Waals surface area contributed by atoms with Gasteiger partial charge in [-0.2, -0.15) is 0 Å². The van der Waals surface area contributed by atoms with Crippen LogP contribution in [-0.4, -0.2) is 33.7 Å². The number of benzene rings is 1. The third kappa shape index (κ3) is 5.02. The molecule has 1 aliphatic carbocycles. The van der Waals surface area contributed by atoms with E-state index in [2.05, 4.69) is 10.0 Å². The van der Waals surface area contributed by atoms with Gasteiger partial charge in [-0.25, -0.2) is 17.9 Å². The van der Waals surface area contributed by atoms with Gasteiger partial charge in [0.15, 0.2) is 0 Å². The van der Waals surface area contributed by atoms with Gasteiger partial charge in [-0.05, 0) is 43.9 Å². The van der Waals surface area contributed by atoms with Gasteiger partial charge in [0.1, 0.15) is 0 Å². The Morgan fingerprint density at radius 2 is 1.95 bits per heavy atom. The second-order valence-corrected chi connectivity index (χ2v) is 6.65. The quantitative estimate of drug-likeness (QED) is 0.797. The molecule has 2 N–H and O–H groups in total. The lowest BCUT2D eigenvalue weighted by molar-refractivity contribution is 0.152. The Morgan fingerprint density at radius 3 is 2.52 bits per heavy atom. The van der Waals surface area contributed by atoms with E-state index in [0.29, 0.717) is 19.6 Å². The summed E-state index contributed by atoms with van der Waals surface area (Å²) in [4.78, 5) is 11.4. The molecule has 1 amide bonds. The molecular weight excluding hydrogens is 292 g/mol. The molecular formula is C14H20N2O4S. The van der Waals surface area contributed by atoms with Crippen LogP contribution < -0.4 is 10.0 Å². The van der Waals surface area contributed by atoms with Crippen molar-refractivity contribution in [1.29, 1.82) is 0 Å². The first kappa shape index (κ1) is 15.8. The van der Waals surface area contributed by atoms with Gasteiger partial charge in [0.2, 0.25) is 10.0 Å². The van der Waals surface area contributed by atoms with Crippen LogP contribution in [0.5, 0.6) is 0 Å². The van der Waals surface area contributed by atoms with Gasteiger partial charge in [0.25, 0.3) is 0 Å². The largest absolute Gasteiger partial charge is 0.450 e. The van der Waals surface area contributed by atoms with E-state index >= 15 is 0 Å². The smallest absolute Gasteiger partial charge is 0.407 e. The maximum absolute atomic E-state index is 12.0. The first-order valence-corrected chi connectivity index (χ1v) is 8.51. The van der Waals surface area contributed by atoms with E-state index in [9.17, 15) is 13.2 Å². The third-order valence-corrected chi connectivity index (χ3v) is 4.63. The summed E-state index contributed by atoms with van der Waals surface area (Å²) in [6.07, 6.45) is 2.01. The molecule has 0 aromatic heterocycles.